The van der Waals surface area contributed by atoms with E-state index in [0.717, 1.165) is 11.4 Å². The van der Waals surface area contributed by atoms with E-state index in [-0.39, 0.29) is 10.7 Å². The van der Waals surface area contributed by atoms with E-state index >= 15 is 0 Å². The lowest BCUT2D eigenvalue weighted by atomic mass is 10.2. The number of nitrogens with zero attached hydrogens (tertiary/aromatic N) is 1. The minimum atomic E-state index is -0.317. The van der Waals surface area contributed by atoms with E-state index in [1.807, 2.05) is 17.8 Å². The number of carbonyl (C=O) groups excluding carboxylic acids is 1. The number of rotatable bonds is 3. The van der Waals surface area contributed by atoms with Crippen molar-refractivity contribution in [3.63, 3.8) is 0 Å². The van der Waals surface area contributed by atoms with Gasteiger partial charge >= 0.3 is 0 Å². The summed E-state index contributed by atoms with van der Waals surface area (Å²) in [6.07, 6.45) is 1.54. The van der Waals surface area contributed by atoms with E-state index < -0.39 is 0 Å². The van der Waals surface area contributed by atoms with E-state index in [1.165, 1.54) is 0 Å². The number of amides is 1. The molecule has 1 aromatic rings. The van der Waals surface area contributed by atoms with Crippen LogP contribution in [-0.4, -0.2) is 15.6 Å². The second-order valence-corrected chi connectivity index (χ2v) is 6.21. The van der Waals surface area contributed by atoms with Crippen molar-refractivity contribution in [3.05, 3.63) is 29.6 Å². The van der Waals surface area contributed by atoms with Crippen LogP contribution in [0.25, 0.3) is 0 Å². The second-order valence-electron chi connectivity index (χ2n) is 4.41. The molecule has 1 amide bonds. The van der Waals surface area contributed by atoms with Crippen molar-refractivity contribution in [2.24, 2.45) is 5.84 Å². The molecule has 0 spiro atoms. The van der Waals surface area contributed by atoms with Crippen LogP contribution in [0.1, 0.15) is 36.8 Å². The lowest BCUT2D eigenvalue weighted by Gasteiger charge is -2.16. The third-order valence-electron chi connectivity index (χ3n) is 1.87. The molecule has 0 unspecified atom stereocenters. The van der Waals surface area contributed by atoms with Crippen LogP contribution in [0.4, 0.5) is 0 Å². The van der Waals surface area contributed by atoms with Gasteiger partial charge in [0.1, 0.15) is 0 Å². The Morgan fingerprint density at radius 3 is 2.62 bits per heavy atom. The molecule has 16 heavy (non-hydrogen) atoms. The minimum absolute atomic E-state index is 0.217. The Morgan fingerprint density at radius 1 is 1.50 bits per heavy atom. The van der Waals surface area contributed by atoms with Gasteiger partial charge in [-0.2, -0.15) is 0 Å². The summed E-state index contributed by atoms with van der Waals surface area (Å²) in [5, 5.41) is 0. The smallest absolute Gasteiger partial charge is 0.266 e. The molecule has 0 aromatic carbocycles. The summed E-state index contributed by atoms with van der Waals surface area (Å²) in [4.78, 5) is 15.4. The number of hydrazine groups is 1. The number of nitrogens with two attached hydrogens (primary N) is 1. The number of nitrogen functional groups attached to an aromatic ring is 1. The Kier molecular flexibility index (Phi) is 4.32. The normalized spacial score (nSPS) is 11.2. The number of aromatic nitrogens is 1. The predicted molar refractivity (Wildman–Crippen MR) is 66.9 cm³/mol. The zero-order valence-electron chi connectivity index (χ0n) is 9.78. The van der Waals surface area contributed by atoms with Crippen LogP contribution in [0.3, 0.4) is 0 Å². The molecule has 0 aliphatic rings. The van der Waals surface area contributed by atoms with E-state index in [4.69, 9.17) is 5.84 Å². The quantitative estimate of drug-likeness (QED) is 0.479. The summed E-state index contributed by atoms with van der Waals surface area (Å²) in [6.45, 7) is 6.48. The molecule has 1 rings (SSSR count). The Hall–Kier alpha value is -1.07. The van der Waals surface area contributed by atoms with E-state index in [0.29, 0.717) is 5.56 Å². The lowest BCUT2D eigenvalue weighted by Crippen LogP contribution is -2.30. The van der Waals surface area contributed by atoms with Gasteiger partial charge in [-0.1, -0.05) is 20.8 Å². The average molecular weight is 239 g/mol. The molecule has 1 heterocycles. The monoisotopic (exact) mass is 239 g/mol. The zero-order chi connectivity index (χ0) is 12.2. The highest BCUT2D eigenvalue weighted by Crippen LogP contribution is 2.26. The third kappa shape index (κ3) is 4.20. The highest BCUT2D eigenvalue weighted by molar-refractivity contribution is 7.99. The summed E-state index contributed by atoms with van der Waals surface area (Å²) >= 11 is 1.82. The second kappa shape index (κ2) is 5.32. The van der Waals surface area contributed by atoms with E-state index in [9.17, 15) is 4.79 Å². The van der Waals surface area contributed by atoms with Crippen molar-refractivity contribution in [1.82, 2.24) is 10.4 Å². The fraction of sp³-hybridized carbons (Fsp3) is 0.455. The van der Waals surface area contributed by atoms with Crippen LogP contribution >= 0.6 is 11.8 Å². The third-order valence-corrected chi connectivity index (χ3v) is 3.18. The maximum Gasteiger partial charge on any atom is 0.266 e. The Morgan fingerprint density at radius 2 is 2.19 bits per heavy atom. The van der Waals surface area contributed by atoms with Gasteiger partial charge < -0.3 is 0 Å². The lowest BCUT2D eigenvalue weighted by molar-refractivity contribution is 0.0953. The first kappa shape index (κ1) is 13.0. The van der Waals surface area contributed by atoms with Gasteiger partial charge in [-0.25, -0.2) is 5.84 Å². The van der Waals surface area contributed by atoms with Gasteiger partial charge in [0.2, 0.25) is 0 Å². The Labute approximate surface area is 100.0 Å². The summed E-state index contributed by atoms with van der Waals surface area (Å²) in [6, 6.07) is 3.58. The maximum atomic E-state index is 11.2. The van der Waals surface area contributed by atoms with Gasteiger partial charge in [0, 0.05) is 16.7 Å². The largest absolute Gasteiger partial charge is 0.290 e. The predicted octanol–water partition coefficient (Wildman–Crippen LogP) is 1.72. The molecule has 0 atom stereocenters. The fourth-order valence-electron chi connectivity index (χ4n) is 1.02. The summed E-state index contributed by atoms with van der Waals surface area (Å²) < 4.78 is 0.217. The van der Waals surface area contributed by atoms with Crippen LogP contribution in [0.15, 0.2) is 18.3 Å². The minimum Gasteiger partial charge on any atom is -0.290 e. The molecular weight excluding hydrogens is 222 g/mol. The number of nitrogens with one attached hydrogen (secondary N) is 1. The van der Waals surface area contributed by atoms with Gasteiger partial charge in [-0.05, 0) is 12.1 Å². The number of thioether (sulfide) groups is 1. The number of carbonyl (C=O) groups is 1. The Balaban J connectivity index is 2.62. The first-order valence-corrected chi connectivity index (χ1v) is 6.01. The van der Waals surface area contributed by atoms with Crippen LogP contribution in [0.2, 0.25) is 0 Å². The molecule has 88 valence electrons. The molecule has 3 N–H and O–H groups in total. The standard InChI is InChI=1S/C11H17N3OS/c1-11(2,3)16-7-9-5-4-8(6-13-9)10(15)14-12/h4-6H,7,12H2,1-3H3,(H,14,15). The molecule has 0 aliphatic carbocycles. The van der Waals surface area contributed by atoms with Crippen molar-refractivity contribution in [1.29, 1.82) is 0 Å². The molecule has 0 saturated heterocycles. The van der Waals surface area contributed by atoms with E-state index in [1.54, 1.807) is 12.3 Å². The van der Waals surface area contributed by atoms with Crippen molar-refractivity contribution >= 4 is 17.7 Å². The molecule has 5 heteroatoms. The van der Waals surface area contributed by atoms with Crippen LogP contribution in [0.5, 0.6) is 0 Å². The molecular formula is C11H17N3OS. The first-order valence-electron chi connectivity index (χ1n) is 5.02. The summed E-state index contributed by atoms with van der Waals surface area (Å²) in [5.74, 6) is 5.55. The zero-order valence-corrected chi connectivity index (χ0v) is 10.6. The molecule has 0 radical (unpaired) electrons. The van der Waals surface area contributed by atoms with Crippen molar-refractivity contribution in [2.45, 2.75) is 31.3 Å². The van der Waals surface area contributed by atoms with Crippen molar-refractivity contribution in [3.8, 4) is 0 Å². The molecule has 0 saturated carbocycles. The highest BCUT2D eigenvalue weighted by atomic mass is 32.2. The average Bonchev–Trinajstić information content (AvgIpc) is 2.25. The molecule has 0 bridgehead atoms. The molecule has 0 fully saturated rings. The summed E-state index contributed by atoms with van der Waals surface area (Å²) in [5.41, 5.74) is 3.52. The number of hydrogen-bond acceptors (Lipinski definition) is 4. The first-order chi connectivity index (χ1) is 7.42. The number of hydrogen-bond donors (Lipinski definition) is 2. The fourth-order valence-corrected chi connectivity index (χ4v) is 1.77. The van der Waals surface area contributed by atoms with Crippen LogP contribution < -0.4 is 11.3 Å². The van der Waals surface area contributed by atoms with E-state index in [2.05, 4.69) is 31.2 Å². The highest BCUT2D eigenvalue weighted by Gasteiger charge is 2.11. The van der Waals surface area contributed by atoms with Crippen LogP contribution in [0, 0.1) is 0 Å². The van der Waals surface area contributed by atoms with Gasteiger partial charge in [-0.15, -0.1) is 11.8 Å². The van der Waals surface area contributed by atoms with Crippen LogP contribution in [-0.2, 0) is 5.75 Å². The molecule has 0 aliphatic heterocycles. The molecule has 4 nitrogen and oxygen atoms in total. The SMILES string of the molecule is CC(C)(C)SCc1ccc(C(=O)NN)cn1. The van der Waals surface area contributed by atoms with Crippen molar-refractivity contribution in [2.75, 3.05) is 0 Å². The Bertz CT molecular complexity index is 356. The summed E-state index contributed by atoms with van der Waals surface area (Å²) in [7, 11) is 0. The maximum absolute atomic E-state index is 11.2. The van der Waals surface area contributed by atoms with Gasteiger partial charge in [0.15, 0.2) is 0 Å². The van der Waals surface area contributed by atoms with Crippen molar-refractivity contribution < 1.29 is 4.79 Å². The van der Waals surface area contributed by atoms with Gasteiger partial charge in [-0.3, -0.25) is 15.2 Å². The topological polar surface area (TPSA) is 68.0 Å². The van der Waals surface area contributed by atoms with Gasteiger partial charge in [0.25, 0.3) is 5.91 Å². The number of pyridine rings is 1. The molecule has 1 aromatic heterocycles. The van der Waals surface area contributed by atoms with Gasteiger partial charge in [0.05, 0.1) is 11.3 Å².